The maximum absolute atomic E-state index is 12.1. The summed E-state index contributed by atoms with van der Waals surface area (Å²) in [6.07, 6.45) is 2.94. The second-order valence-electron chi connectivity index (χ2n) is 6.05. The molecule has 1 atom stereocenters. The van der Waals surface area contributed by atoms with Crippen LogP contribution < -0.4 is 10.6 Å². The van der Waals surface area contributed by atoms with Crippen LogP contribution in [0.1, 0.15) is 47.0 Å². The largest absolute Gasteiger partial charge is 0.481 e. The van der Waals surface area contributed by atoms with E-state index in [1.165, 1.54) is 0 Å². The summed E-state index contributed by atoms with van der Waals surface area (Å²) in [5.41, 5.74) is -1.81. The Labute approximate surface area is 108 Å². The lowest BCUT2D eigenvalue weighted by Crippen LogP contribution is -2.60. The third-order valence-electron chi connectivity index (χ3n) is 4.16. The zero-order chi connectivity index (χ0) is 14.0. The number of carboxylic acids is 1. The molecule has 1 rings (SSSR count). The number of hydrogen-bond acceptors (Lipinski definition) is 3. The molecule has 0 aliphatic carbocycles. The lowest BCUT2D eigenvalue weighted by atomic mass is 9.74. The second-order valence-corrected chi connectivity index (χ2v) is 6.05. The Hall–Kier alpha value is -1.10. The molecule has 1 aliphatic heterocycles. The zero-order valence-corrected chi connectivity index (χ0v) is 11.7. The lowest BCUT2D eigenvalue weighted by molar-refractivity contribution is -0.152. The van der Waals surface area contributed by atoms with Crippen LogP contribution in [0.4, 0.5) is 0 Å². The first-order valence-corrected chi connectivity index (χ1v) is 6.47. The van der Waals surface area contributed by atoms with E-state index in [0.717, 1.165) is 25.8 Å². The van der Waals surface area contributed by atoms with Crippen molar-refractivity contribution in [1.29, 1.82) is 0 Å². The molecule has 1 amide bonds. The highest BCUT2D eigenvalue weighted by Gasteiger charge is 2.45. The Morgan fingerprint density at radius 2 is 1.83 bits per heavy atom. The number of rotatable bonds is 4. The summed E-state index contributed by atoms with van der Waals surface area (Å²) in [5.74, 6) is -1.02. The van der Waals surface area contributed by atoms with Crippen molar-refractivity contribution in [3.8, 4) is 0 Å². The Kier molecular flexibility index (Phi) is 4.37. The maximum atomic E-state index is 12.1. The van der Waals surface area contributed by atoms with Gasteiger partial charge in [-0.05, 0) is 47.1 Å². The number of amides is 1. The minimum absolute atomic E-state index is 0.103. The molecule has 104 valence electrons. The molecule has 3 N–H and O–H groups in total. The summed E-state index contributed by atoms with van der Waals surface area (Å²) in [6, 6.07) is -0.192. The van der Waals surface area contributed by atoms with Gasteiger partial charge in [0.2, 0.25) is 5.91 Å². The van der Waals surface area contributed by atoms with Crippen LogP contribution in [0.2, 0.25) is 0 Å². The summed E-state index contributed by atoms with van der Waals surface area (Å²) in [7, 11) is 0. The third-order valence-corrected chi connectivity index (χ3v) is 4.16. The van der Waals surface area contributed by atoms with Gasteiger partial charge in [-0.2, -0.15) is 0 Å². The molecule has 5 nitrogen and oxygen atoms in total. The molecule has 0 aromatic carbocycles. The van der Waals surface area contributed by atoms with Gasteiger partial charge in [0.05, 0.1) is 17.0 Å². The van der Waals surface area contributed by atoms with E-state index in [2.05, 4.69) is 10.6 Å². The summed E-state index contributed by atoms with van der Waals surface area (Å²) < 4.78 is 0. The number of piperidine rings is 1. The van der Waals surface area contributed by atoms with Crippen molar-refractivity contribution in [2.75, 3.05) is 6.54 Å². The first kappa shape index (κ1) is 15.0. The molecule has 0 spiro atoms. The van der Waals surface area contributed by atoms with Crippen LogP contribution in [0.15, 0.2) is 0 Å². The summed E-state index contributed by atoms with van der Waals surface area (Å²) in [6.45, 7) is 7.61. The standard InChI is InChI=1S/C13H24N2O3/c1-12(2,11(17)18)13(3,4)15-10(16)9-7-5-6-8-14-9/h9,14H,5-8H2,1-4H3,(H,15,16)(H,17,18)/t9-/m1/s1. The van der Waals surface area contributed by atoms with Crippen molar-refractivity contribution >= 4 is 11.9 Å². The summed E-state index contributed by atoms with van der Waals surface area (Å²) >= 11 is 0. The van der Waals surface area contributed by atoms with Gasteiger partial charge in [-0.15, -0.1) is 0 Å². The monoisotopic (exact) mass is 256 g/mol. The van der Waals surface area contributed by atoms with E-state index in [0.29, 0.717) is 0 Å². The number of carboxylic acid groups (broad SMARTS) is 1. The highest BCUT2D eigenvalue weighted by molar-refractivity contribution is 5.84. The molecule has 0 aromatic rings. The molecular formula is C13H24N2O3. The van der Waals surface area contributed by atoms with Crippen LogP contribution >= 0.6 is 0 Å². The second kappa shape index (κ2) is 5.26. The zero-order valence-electron chi connectivity index (χ0n) is 11.7. The average Bonchev–Trinajstić information content (AvgIpc) is 2.29. The first-order chi connectivity index (χ1) is 8.18. The fourth-order valence-corrected chi connectivity index (χ4v) is 1.89. The van der Waals surface area contributed by atoms with Gasteiger partial charge >= 0.3 is 5.97 Å². The fraction of sp³-hybridized carbons (Fsp3) is 0.846. The minimum atomic E-state index is -1.02. The Bertz CT molecular complexity index is 331. The molecule has 0 bridgehead atoms. The SMILES string of the molecule is CC(C)(NC(=O)[C@H]1CCCCN1)C(C)(C)C(=O)O. The van der Waals surface area contributed by atoms with Crippen LogP contribution in [0.25, 0.3) is 0 Å². The van der Waals surface area contributed by atoms with Crippen molar-refractivity contribution in [3.63, 3.8) is 0 Å². The molecule has 0 aromatic heterocycles. The van der Waals surface area contributed by atoms with Crippen LogP contribution in [0.5, 0.6) is 0 Å². The predicted molar refractivity (Wildman–Crippen MR) is 69.3 cm³/mol. The van der Waals surface area contributed by atoms with E-state index in [4.69, 9.17) is 0 Å². The molecule has 0 saturated carbocycles. The van der Waals surface area contributed by atoms with Crippen LogP contribution in [-0.4, -0.2) is 35.1 Å². The van der Waals surface area contributed by atoms with Gasteiger partial charge in [-0.25, -0.2) is 0 Å². The number of hydrogen-bond donors (Lipinski definition) is 3. The molecule has 1 heterocycles. The van der Waals surface area contributed by atoms with Crippen LogP contribution in [-0.2, 0) is 9.59 Å². The number of carbonyl (C=O) groups is 2. The highest BCUT2D eigenvalue weighted by atomic mass is 16.4. The molecule has 1 fully saturated rings. The first-order valence-electron chi connectivity index (χ1n) is 6.47. The van der Waals surface area contributed by atoms with E-state index >= 15 is 0 Å². The van der Waals surface area contributed by atoms with Gasteiger partial charge < -0.3 is 15.7 Å². The van der Waals surface area contributed by atoms with Crippen molar-refractivity contribution < 1.29 is 14.7 Å². The topological polar surface area (TPSA) is 78.4 Å². The number of nitrogens with one attached hydrogen (secondary N) is 2. The van der Waals surface area contributed by atoms with Crippen LogP contribution in [0, 0.1) is 5.41 Å². The summed E-state index contributed by atoms with van der Waals surface area (Å²) in [5, 5.41) is 15.3. The lowest BCUT2D eigenvalue weighted by Gasteiger charge is -2.40. The quantitative estimate of drug-likeness (QED) is 0.704. The van der Waals surface area contributed by atoms with Crippen molar-refractivity contribution in [3.05, 3.63) is 0 Å². The Morgan fingerprint density at radius 1 is 1.22 bits per heavy atom. The van der Waals surface area contributed by atoms with Crippen molar-refractivity contribution in [2.45, 2.75) is 58.5 Å². The Morgan fingerprint density at radius 3 is 2.28 bits per heavy atom. The third kappa shape index (κ3) is 3.02. The van der Waals surface area contributed by atoms with Gasteiger partial charge in [-0.3, -0.25) is 9.59 Å². The fourth-order valence-electron chi connectivity index (χ4n) is 1.89. The molecule has 1 saturated heterocycles. The average molecular weight is 256 g/mol. The van der Waals surface area contributed by atoms with E-state index in [-0.39, 0.29) is 11.9 Å². The predicted octanol–water partition coefficient (Wildman–Crippen LogP) is 1.13. The maximum Gasteiger partial charge on any atom is 0.311 e. The van der Waals surface area contributed by atoms with Gasteiger partial charge in [-0.1, -0.05) is 6.42 Å². The van der Waals surface area contributed by atoms with Gasteiger partial charge in [0.25, 0.3) is 0 Å². The van der Waals surface area contributed by atoms with Crippen LogP contribution in [0.3, 0.4) is 0 Å². The molecular weight excluding hydrogens is 232 g/mol. The van der Waals surface area contributed by atoms with Gasteiger partial charge in [0.15, 0.2) is 0 Å². The minimum Gasteiger partial charge on any atom is -0.481 e. The summed E-state index contributed by atoms with van der Waals surface area (Å²) in [4.78, 5) is 23.4. The number of carbonyl (C=O) groups excluding carboxylic acids is 1. The van der Waals surface area contributed by atoms with E-state index < -0.39 is 16.9 Å². The molecule has 1 aliphatic rings. The van der Waals surface area contributed by atoms with Gasteiger partial charge in [0.1, 0.15) is 0 Å². The highest BCUT2D eigenvalue weighted by Crippen LogP contribution is 2.30. The molecule has 0 radical (unpaired) electrons. The van der Waals surface area contributed by atoms with E-state index in [1.54, 1.807) is 27.7 Å². The molecule has 5 heteroatoms. The van der Waals surface area contributed by atoms with Crippen molar-refractivity contribution in [1.82, 2.24) is 10.6 Å². The van der Waals surface area contributed by atoms with E-state index in [1.807, 2.05) is 0 Å². The Balaban J connectivity index is 2.70. The van der Waals surface area contributed by atoms with E-state index in [9.17, 15) is 14.7 Å². The normalized spacial score (nSPS) is 21.4. The number of aliphatic carboxylic acids is 1. The van der Waals surface area contributed by atoms with Gasteiger partial charge in [0, 0.05) is 0 Å². The smallest absolute Gasteiger partial charge is 0.311 e. The van der Waals surface area contributed by atoms with Crippen molar-refractivity contribution in [2.24, 2.45) is 5.41 Å². The molecule has 0 unspecified atom stereocenters. The molecule has 18 heavy (non-hydrogen) atoms.